The fourth-order valence-corrected chi connectivity index (χ4v) is 4.38. The van der Waals surface area contributed by atoms with Gasteiger partial charge in [-0.15, -0.1) is 6.42 Å². The molecule has 0 radical (unpaired) electrons. The van der Waals surface area contributed by atoms with Crippen LogP contribution in [0.3, 0.4) is 0 Å². The van der Waals surface area contributed by atoms with Crippen molar-refractivity contribution in [3.05, 3.63) is 27.7 Å². The van der Waals surface area contributed by atoms with Gasteiger partial charge in [0, 0.05) is 23.7 Å². The van der Waals surface area contributed by atoms with E-state index in [0.29, 0.717) is 23.0 Å². The van der Waals surface area contributed by atoms with Crippen molar-refractivity contribution in [2.45, 2.75) is 24.3 Å². The molecule has 1 saturated carbocycles. The maximum atomic E-state index is 12.7. The second-order valence-electron chi connectivity index (χ2n) is 4.99. The molecule has 0 bridgehead atoms. The van der Waals surface area contributed by atoms with Gasteiger partial charge in [0.1, 0.15) is 4.90 Å². The lowest BCUT2D eigenvalue weighted by Gasteiger charge is -2.21. The summed E-state index contributed by atoms with van der Waals surface area (Å²) in [4.78, 5) is 0.00455. The molecule has 0 unspecified atom stereocenters. The van der Waals surface area contributed by atoms with Crippen LogP contribution in [0.4, 0.5) is 0 Å². The van der Waals surface area contributed by atoms with Crippen molar-refractivity contribution in [2.24, 2.45) is 11.7 Å². The van der Waals surface area contributed by atoms with Gasteiger partial charge in [-0.25, -0.2) is 8.42 Å². The maximum absolute atomic E-state index is 12.7. The number of benzene rings is 1. The Morgan fingerprint density at radius 2 is 2.05 bits per heavy atom. The smallest absolute Gasteiger partial charge is 0.245 e. The van der Waals surface area contributed by atoms with Crippen LogP contribution in [-0.4, -0.2) is 25.8 Å². The number of hydrogen-bond donors (Lipinski definition) is 1. The Bertz CT molecular complexity index is 679. The van der Waals surface area contributed by atoms with E-state index in [-0.39, 0.29) is 23.0 Å². The molecule has 0 aromatic heterocycles. The van der Waals surface area contributed by atoms with Gasteiger partial charge >= 0.3 is 0 Å². The number of sulfonamides is 1. The normalized spacial score (nSPS) is 15.2. The number of terminal acetylenes is 1. The van der Waals surface area contributed by atoms with E-state index in [1.54, 1.807) is 0 Å². The van der Waals surface area contributed by atoms with Crippen LogP contribution in [0.5, 0.6) is 0 Å². The first-order valence-corrected chi connectivity index (χ1v) is 8.72. The van der Waals surface area contributed by atoms with Gasteiger partial charge in [-0.2, -0.15) is 4.31 Å². The Labute approximate surface area is 135 Å². The summed E-state index contributed by atoms with van der Waals surface area (Å²) in [6.07, 6.45) is 7.34. The molecule has 21 heavy (non-hydrogen) atoms. The SMILES string of the molecule is C#CCN(CC1CC1)S(=O)(=O)c1ccc(Cl)c(CN)c1Cl. The zero-order chi connectivity index (χ0) is 15.6. The molecule has 1 aromatic rings. The molecule has 1 aromatic carbocycles. The molecular formula is C14H16Cl2N2O2S. The Hall–Kier alpha value is -0.770. The molecule has 0 spiro atoms. The topological polar surface area (TPSA) is 63.4 Å². The monoisotopic (exact) mass is 346 g/mol. The van der Waals surface area contributed by atoms with E-state index < -0.39 is 10.0 Å². The summed E-state index contributed by atoms with van der Waals surface area (Å²) in [5.41, 5.74) is 6.00. The van der Waals surface area contributed by atoms with Crippen molar-refractivity contribution in [1.29, 1.82) is 0 Å². The third-order valence-electron chi connectivity index (χ3n) is 3.40. The van der Waals surface area contributed by atoms with E-state index in [2.05, 4.69) is 5.92 Å². The third kappa shape index (κ3) is 3.53. The fraction of sp³-hybridized carbons (Fsp3) is 0.429. The van der Waals surface area contributed by atoms with E-state index in [4.69, 9.17) is 35.4 Å². The molecule has 1 aliphatic rings. The molecule has 0 heterocycles. The van der Waals surface area contributed by atoms with Crippen molar-refractivity contribution in [1.82, 2.24) is 4.31 Å². The summed E-state index contributed by atoms with van der Waals surface area (Å²) in [6.45, 7) is 0.512. The van der Waals surface area contributed by atoms with Crippen LogP contribution in [0.1, 0.15) is 18.4 Å². The van der Waals surface area contributed by atoms with E-state index in [1.807, 2.05) is 0 Å². The third-order valence-corrected chi connectivity index (χ3v) is 6.15. The highest BCUT2D eigenvalue weighted by Crippen LogP contribution is 2.35. The summed E-state index contributed by atoms with van der Waals surface area (Å²) >= 11 is 12.2. The van der Waals surface area contributed by atoms with E-state index >= 15 is 0 Å². The highest BCUT2D eigenvalue weighted by Gasteiger charge is 2.33. The largest absolute Gasteiger partial charge is 0.326 e. The summed E-state index contributed by atoms with van der Waals surface area (Å²) in [6, 6.07) is 2.89. The zero-order valence-electron chi connectivity index (χ0n) is 11.4. The van der Waals surface area contributed by atoms with Crippen LogP contribution >= 0.6 is 23.2 Å². The molecule has 0 amide bonds. The molecule has 1 fully saturated rings. The Balaban J connectivity index is 2.44. The number of halogens is 2. The minimum Gasteiger partial charge on any atom is -0.326 e. The molecule has 7 heteroatoms. The minimum atomic E-state index is -3.75. The number of nitrogens with two attached hydrogens (primary N) is 1. The Kier molecular flexibility index (Phi) is 5.18. The van der Waals surface area contributed by atoms with Gasteiger partial charge in [0.15, 0.2) is 0 Å². The lowest BCUT2D eigenvalue weighted by molar-refractivity contribution is 0.430. The maximum Gasteiger partial charge on any atom is 0.245 e. The van der Waals surface area contributed by atoms with Crippen molar-refractivity contribution < 1.29 is 8.42 Å². The lowest BCUT2D eigenvalue weighted by atomic mass is 10.2. The van der Waals surface area contributed by atoms with Crippen LogP contribution in [0.15, 0.2) is 17.0 Å². The molecule has 0 atom stereocenters. The van der Waals surface area contributed by atoms with Gasteiger partial charge in [0.05, 0.1) is 11.6 Å². The first kappa shape index (κ1) is 16.6. The molecule has 0 saturated heterocycles. The van der Waals surface area contributed by atoms with Crippen LogP contribution < -0.4 is 5.73 Å². The number of rotatable bonds is 6. The van der Waals surface area contributed by atoms with Gasteiger partial charge in [-0.05, 0) is 30.9 Å². The van der Waals surface area contributed by atoms with E-state index in [0.717, 1.165) is 12.8 Å². The van der Waals surface area contributed by atoms with Crippen LogP contribution in [0.25, 0.3) is 0 Å². The Morgan fingerprint density at radius 1 is 1.38 bits per heavy atom. The molecular weight excluding hydrogens is 331 g/mol. The second-order valence-corrected chi connectivity index (χ2v) is 7.68. The molecule has 2 N–H and O–H groups in total. The van der Waals surface area contributed by atoms with Crippen molar-refractivity contribution in [3.8, 4) is 12.3 Å². The van der Waals surface area contributed by atoms with Gasteiger partial charge < -0.3 is 5.73 Å². The molecule has 1 aliphatic carbocycles. The molecule has 2 rings (SSSR count). The predicted octanol–water partition coefficient (Wildman–Crippen LogP) is 2.49. The Morgan fingerprint density at radius 3 is 2.57 bits per heavy atom. The minimum absolute atomic E-state index is 0.00455. The summed E-state index contributed by atoms with van der Waals surface area (Å²) in [7, 11) is -3.75. The molecule has 114 valence electrons. The molecule has 4 nitrogen and oxygen atoms in total. The van der Waals surface area contributed by atoms with Crippen molar-refractivity contribution >= 4 is 33.2 Å². The van der Waals surface area contributed by atoms with Gasteiger partial charge in [-0.1, -0.05) is 29.1 Å². The standard InChI is InChI=1S/C14H16Cl2N2O2S/c1-2-7-18(9-10-3-4-10)21(19,20)13-6-5-12(15)11(8-17)14(13)16/h1,5-6,10H,3-4,7-9,17H2. The zero-order valence-corrected chi connectivity index (χ0v) is 13.7. The predicted molar refractivity (Wildman–Crippen MR) is 84.7 cm³/mol. The quantitative estimate of drug-likeness (QED) is 0.804. The van der Waals surface area contributed by atoms with Gasteiger partial charge in [-0.3, -0.25) is 0 Å². The average Bonchev–Trinajstić information content (AvgIpc) is 3.22. The average molecular weight is 347 g/mol. The fourth-order valence-electron chi connectivity index (χ4n) is 2.04. The van der Waals surface area contributed by atoms with Crippen LogP contribution in [0.2, 0.25) is 10.0 Å². The molecule has 0 aliphatic heterocycles. The van der Waals surface area contributed by atoms with Gasteiger partial charge in [0.25, 0.3) is 0 Å². The van der Waals surface area contributed by atoms with Gasteiger partial charge in [0.2, 0.25) is 10.0 Å². The highest BCUT2D eigenvalue weighted by molar-refractivity contribution is 7.89. The summed E-state index contributed by atoms with van der Waals surface area (Å²) < 4.78 is 26.8. The van der Waals surface area contributed by atoms with Crippen molar-refractivity contribution in [2.75, 3.05) is 13.1 Å². The second kappa shape index (κ2) is 6.55. The number of hydrogen-bond acceptors (Lipinski definition) is 3. The first-order chi connectivity index (χ1) is 9.91. The summed E-state index contributed by atoms with van der Waals surface area (Å²) in [5.74, 6) is 2.77. The van der Waals surface area contributed by atoms with E-state index in [9.17, 15) is 8.42 Å². The number of nitrogens with zero attached hydrogens (tertiary/aromatic N) is 1. The van der Waals surface area contributed by atoms with Crippen molar-refractivity contribution in [3.63, 3.8) is 0 Å². The van der Waals surface area contributed by atoms with Crippen LogP contribution in [0, 0.1) is 18.3 Å². The van der Waals surface area contributed by atoms with E-state index in [1.165, 1.54) is 16.4 Å². The summed E-state index contributed by atoms with van der Waals surface area (Å²) in [5, 5.41) is 0.426. The highest BCUT2D eigenvalue weighted by atomic mass is 35.5. The lowest BCUT2D eigenvalue weighted by Crippen LogP contribution is -2.33. The van der Waals surface area contributed by atoms with Crippen LogP contribution in [-0.2, 0) is 16.6 Å². The first-order valence-electron chi connectivity index (χ1n) is 6.52.